The molecule has 0 atom stereocenters. The summed E-state index contributed by atoms with van der Waals surface area (Å²) in [5.74, 6) is 1.30. The third kappa shape index (κ3) is 2.67. The van der Waals surface area contributed by atoms with Gasteiger partial charge in [-0.05, 0) is 6.07 Å². The Bertz CT molecular complexity index is 305. The summed E-state index contributed by atoms with van der Waals surface area (Å²) in [7, 11) is 3.14. The zero-order valence-corrected chi connectivity index (χ0v) is 9.61. The summed E-state index contributed by atoms with van der Waals surface area (Å²) < 4.78 is 10.1. The van der Waals surface area contributed by atoms with Gasteiger partial charge in [-0.25, -0.2) is 0 Å². The maximum absolute atomic E-state index is 5.89. The van der Waals surface area contributed by atoms with E-state index in [1.54, 1.807) is 26.4 Å². The Morgan fingerprint density at radius 1 is 1.21 bits per heavy atom. The number of hydrogen-bond donors (Lipinski definition) is 1. The van der Waals surface area contributed by atoms with Crippen LogP contribution < -0.4 is 15.2 Å². The second-order valence-electron chi connectivity index (χ2n) is 2.50. The van der Waals surface area contributed by atoms with Crippen molar-refractivity contribution in [1.29, 1.82) is 0 Å². The molecule has 1 aromatic carbocycles. The van der Waals surface area contributed by atoms with Crippen molar-refractivity contribution in [3.8, 4) is 11.5 Å². The van der Waals surface area contributed by atoms with Gasteiger partial charge in [0.25, 0.3) is 0 Å². The van der Waals surface area contributed by atoms with Crippen LogP contribution in [0, 0.1) is 0 Å². The molecule has 1 rings (SSSR count). The first-order valence-corrected chi connectivity index (χ1v) is 4.21. The van der Waals surface area contributed by atoms with Crippen LogP contribution >= 0.6 is 24.0 Å². The zero-order chi connectivity index (χ0) is 9.84. The largest absolute Gasteiger partial charge is 0.496 e. The quantitative estimate of drug-likeness (QED) is 0.878. The molecule has 0 unspecified atom stereocenters. The van der Waals surface area contributed by atoms with E-state index in [0.717, 1.165) is 5.56 Å². The molecule has 0 aliphatic rings. The minimum atomic E-state index is 0. The summed E-state index contributed by atoms with van der Waals surface area (Å²) in [5, 5.41) is 0.525. The van der Waals surface area contributed by atoms with E-state index < -0.39 is 0 Å². The third-order valence-electron chi connectivity index (χ3n) is 1.77. The molecule has 0 radical (unpaired) electrons. The highest BCUT2D eigenvalue weighted by Crippen LogP contribution is 2.31. The van der Waals surface area contributed by atoms with Gasteiger partial charge in [-0.2, -0.15) is 0 Å². The standard InChI is InChI=1S/C9H12ClNO2.ClH/c1-12-8-4-7(10)9(13-2)3-6(8)5-11;/h3-4H,5,11H2,1-2H3;1H. The van der Waals surface area contributed by atoms with Gasteiger partial charge < -0.3 is 15.2 Å². The van der Waals surface area contributed by atoms with Gasteiger partial charge in [-0.15, -0.1) is 12.4 Å². The Hall–Kier alpha value is -0.640. The van der Waals surface area contributed by atoms with E-state index in [2.05, 4.69) is 0 Å². The topological polar surface area (TPSA) is 44.5 Å². The number of halogens is 2. The lowest BCUT2D eigenvalue weighted by Crippen LogP contribution is -2.00. The summed E-state index contributed by atoms with van der Waals surface area (Å²) in [4.78, 5) is 0. The first-order valence-electron chi connectivity index (χ1n) is 3.83. The first-order chi connectivity index (χ1) is 6.22. The lowest BCUT2D eigenvalue weighted by Gasteiger charge is -2.10. The highest BCUT2D eigenvalue weighted by atomic mass is 35.5. The average Bonchev–Trinajstić information content (AvgIpc) is 2.17. The van der Waals surface area contributed by atoms with Crippen LogP contribution in [-0.4, -0.2) is 14.2 Å². The molecule has 5 heteroatoms. The third-order valence-corrected chi connectivity index (χ3v) is 2.07. The minimum Gasteiger partial charge on any atom is -0.496 e. The first kappa shape index (κ1) is 13.4. The normalized spacial score (nSPS) is 9.14. The van der Waals surface area contributed by atoms with Crippen LogP contribution in [0.25, 0.3) is 0 Å². The Balaban J connectivity index is 0.00000169. The van der Waals surface area contributed by atoms with Gasteiger partial charge in [0.1, 0.15) is 11.5 Å². The molecule has 14 heavy (non-hydrogen) atoms. The molecule has 0 aromatic heterocycles. The van der Waals surface area contributed by atoms with Gasteiger partial charge in [0.2, 0.25) is 0 Å². The van der Waals surface area contributed by atoms with Crippen molar-refractivity contribution in [2.45, 2.75) is 6.54 Å². The maximum atomic E-state index is 5.89. The Kier molecular flexibility index (Phi) is 5.69. The summed E-state index contributed by atoms with van der Waals surface area (Å²) in [6.45, 7) is 0.400. The molecule has 3 nitrogen and oxygen atoms in total. The lowest BCUT2D eigenvalue weighted by atomic mass is 10.2. The van der Waals surface area contributed by atoms with Gasteiger partial charge >= 0.3 is 0 Å². The fourth-order valence-corrected chi connectivity index (χ4v) is 1.31. The van der Waals surface area contributed by atoms with Crippen LogP contribution in [0.4, 0.5) is 0 Å². The van der Waals surface area contributed by atoms with Crippen LogP contribution in [0.1, 0.15) is 5.56 Å². The van der Waals surface area contributed by atoms with Crippen LogP contribution in [-0.2, 0) is 6.54 Å². The monoisotopic (exact) mass is 237 g/mol. The molecule has 0 aliphatic carbocycles. The predicted molar refractivity (Wildman–Crippen MR) is 59.7 cm³/mol. The molecule has 0 saturated carbocycles. The van der Waals surface area contributed by atoms with E-state index in [0.29, 0.717) is 23.1 Å². The lowest BCUT2D eigenvalue weighted by molar-refractivity contribution is 0.399. The summed E-state index contributed by atoms with van der Waals surface area (Å²) >= 11 is 5.89. The van der Waals surface area contributed by atoms with Crippen LogP contribution in [0.3, 0.4) is 0 Å². The van der Waals surface area contributed by atoms with Gasteiger partial charge in [0.05, 0.1) is 19.2 Å². The molecule has 0 saturated heterocycles. The van der Waals surface area contributed by atoms with E-state index in [-0.39, 0.29) is 12.4 Å². The van der Waals surface area contributed by atoms with Gasteiger partial charge in [0, 0.05) is 18.2 Å². The average molecular weight is 238 g/mol. The molecule has 0 fully saturated rings. The number of nitrogens with two attached hydrogens (primary N) is 1. The van der Waals surface area contributed by atoms with E-state index in [9.17, 15) is 0 Å². The molecule has 80 valence electrons. The summed E-state index contributed by atoms with van der Waals surface area (Å²) in [6.07, 6.45) is 0. The highest BCUT2D eigenvalue weighted by molar-refractivity contribution is 6.32. The number of rotatable bonds is 3. The van der Waals surface area contributed by atoms with Gasteiger partial charge in [-0.1, -0.05) is 11.6 Å². The molecule has 2 N–H and O–H groups in total. The molecular formula is C9H13Cl2NO2. The smallest absolute Gasteiger partial charge is 0.138 e. The SMILES string of the molecule is COc1cc(CN)c(OC)cc1Cl.Cl. The number of benzene rings is 1. The van der Waals surface area contributed by atoms with Crippen molar-refractivity contribution in [2.75, 3.05) is 14.2 Å². The van der Waals surface area contributed by atoms with Crippen molar-refractivity contribution >= 4 is 24.0 Å². The second kappa shape index (κ2) is 5.96. The van der Waals surface area contributed by atoms with E-state index in [1.807, 2.05) is 0 Å². The Morgan fingerprint density at radius 3 is 2.21 bits per heavy atom. The van der Waals surface area contributed by atoms with Crippen LogP contribution in [0.5, 0.6) is 11.5 Å². The van der Waals surface area contributed by atoms with E-state index in [4.69, 9.17) is 26.8 Å². The maximum Gasteiger partial charge on any atom is 0.138 e. The van der Waals surface area contributed by atoms with Crippen molar-refractivity contribution < 1.29 is 9.47 Å². The summed E-state index contributed by atoms with van der Waals surface area (Å²) in [5.41, 5.74) is 6.40. The predicted octanol–water partition coefficient (Wildman–Crippen LogP) is 2.24. The van der Waals surface area contributed by atoms with Crippen LogP contribution in [0.2, 0.25) is 5.02 Å². The molecular weight excluding hydrogens is 225 g/mol. The van der Waals surface area contributed by atoms with Crippen LogP contribution in [0.15, 0.2) is 12.1 Å². The van der Waals surface area contributed by atoms with Gasteiger partial charge in [0.15, 0.2) is 0 Å². The second-order valence-corrected chi connectivity index (χ2v) is 2.91. The van der Waals surface area contributed by atoms with Crippen molar-refractivity contribution in [1.82, 2.24) is 0 Å². The van der Waals surface area contributed by atoms with Crippen molar-refractivity contribution in [2.24, 2.45) is 5.73 Å². The molecule has 1 aromatic rings. The highest BCUT2D eigenvalue weighted by Gasteiger charge is 2.07. The summed E-state index contributed by atoms with van der Waals surface area (Å²) in [6, 6.07) is 3.48. The Labute approximate surface area is 94.5 Å². The number of methoxy groups -OCH3 is 2. The number of hydrogen-bond acceptors (Lipinski definition) is 3. The van der Waals surface area contributed by atoms with E-state index in [1.165, 1.54) is 0 Å². The molecule has 0 aliphatic heterocycles. The van der Waals surface area contributed by atoms with E-state index >= 15 is 0 Å². The Morgan fingerprint density at radius 2 is 1.79 bits per heavy atom. The fraction of sp³-hybridized carbons (Fsp3) is 0.333. The fourth-order valence-electron chi connectivity index (χ4n) is 1.08. The molecule has 0 bridgehead atoms. The zero-order valence-electron chi connectivity index (χ0n) is 8.04. The van der Waals surface area contributed by atoms with Crippen molar-refractivity contribution in [3.63, 3.8) is 0 Å². The van der Waals surface area contributed by atoms with Crippen molar-refractivity contribution in [3.05, 3.63) is 22.7 Å². The van der Waals surface area contributed by atoms with Gasteiger partial charge in [-0.3, -0.25) is 0 Å². The molecule has 0 spiro atoms. The molecule has 0 heterocycles. The molecule has 0 amide bonds. The number of ether oxygens (including phenoxy) is 2. The minimum absolute atomic E-state index is 0.